The van der Waals surface area contributed by atoms with Gasteiger partial charge in [-0.25, -0.2) is 9.97 Å². The molecule has 238 valence electrons. The number of hydrogen-bond donors (Lipinski definition) is 2. The van der Waals surface area contributed by atoms with E-state index in [0.29, 0.717) is 17.2 Å². The number of nitrogens with zero attached hydrogens (tertiary/aromatic N) is 4. The van der Waals surface area contributed by atoms with E-state index >= 15 is 0 Å². The minimum atomic E-state index is 0.215. The predicted octanol–water partition coefficient (Wildman–Crippen LogP) is 7.42. The molecule has 0 radical (unpaired) electrons. The minimum absolute atomic E-state index is 0.215. The van der Waals surface area contributed by atoms with E-state index in [-0.39, 0.29) is 5.41 Å². The Hall–Kier alpha value is -3.33. The fraction of sp³-hybridized carbons (Fsp3) is 0.459. The number of aromatic nitrogens is 4. The molecule has 7 nitrogen and oxygen atoms in total. The van der Waals surface area contributed by atoms with Crippen molar-refractivity contribution in [2.75, 3.05) is 0 Å². The molecule has 2 heterocycles. The zero-order valence-corrected chi connectivity index (χ0v) is 27.8. The number of fused-ring (bicyclic) bond motifs is 5. The van der Waals surface area contributed by atoms with Gasteiger partial charge in [-0.1, -0.05) is 68.0 Å². The predicted molar refractivity (Wildman–Crippen MR) is 183 cm³/mol. The van der Waals surface area contributed by atoms with E-state index in [1.165, 1.54) is 61.6 Å². The Labute approximate surface area is 271 Å². The molecule has 0 aliphatic heterocycles. The van der Waals surface area contributed by atoms with Crippen molar-refractivity contribution < 1.29 is 9.39 Å². The van der Waals surface area contributed by atoms with Gasteiger partial charge in [-0.05, 0) is 100 Å². The number of hydrogen-bond acceptors (Lipinski definition) is 6. The number of allylic oxidation sites excluding steroid dienone is 5. The van der Waals surface area contributed by atoms with E-state index < -0.39 is 0 Å². The molecular weight excluding hydrogens is 579 g/mol. The summed E-state index contributed by atoms with van der Waals surface area (Å²) in [5, 5.41) is 10.4. The van der Waals surface area contributed by atoms with Crippen LogP contribution < -0.4 is 19.8 Å². The number of rotatable bonds is 6. The average Bonchev–Trinajstić information content (AvgIpc) is 3.80. The van der Waals surface area contributed by atoms with Crippen LogP contribution in [0.4, 0.5) is 0 Å². The van der Waals surface area contributed by atoms with Crippen molar-refractivity contribution in [3.05, 3.63) is 96.0 Å². The van der Waals surface area contributed by atoms with E-state index in [1.807, 2.05) is 61.0 Å². The van der Waals surface area contributed by atoms with Crippen LogP contribution in [0.1, 0.15) is 77.3 Å². The van der Waals surface area contributed by atoms with E-state index in [4.69, 9.17) is 14.4 Å². The van der Waals surface area contributed by atoms with E-state index in [2.05, 4.69) is 72.0 Å². The normalized spacial score (nSPS) is 31.1. The summed E-state index contributed by atoms with van der Waals surface area (Å²) < 4.78 is 9.66. The van der Waals surface area contributed by atoms with Crippen molar-refractivity contribution in [1.82, 2.24) is 24.0 Å². The molecule has 8 heteroatoms. The van der Waals surface area contributed by atoms with Crippen LogP contribution in [0.3, 0.4) is 0 Å². The molecule has 4 aliphatic rings. The maximum atomic E-state index is 8.17. The van der Waals surface area contributed by atoms with Gasteiger partial charge >= 0.3 is 0 Å². The molecule has 6 unspecified atom stereocenters. The second-order valence-electron chi connectivity index (χ2n) is 13.6. The van der Waals surface area contributed by atoms with Crippen molar-refractivity contribution in [3.8, 4) is 5.75 Å². The summed E-state index contributed by atoms with van der Waals surface area (Å²) in [6.45, 7) is 13.2. The molecule has 0 saturated heterocycles. The van der Waals surface area contributed by atoms with Crippen molar-refractivity contribution >= 4 is 30.1 Å². The quantitative estimate of drug-likeness (QED) is 0.129. The maximum Gasteiger partial charge on any atom is 0.170 e. The summed E-state index contributed by atoms with van der Waals surface area (Å²) in [6, 6.07) is 8.12. The minimum Gasteiger partial charge on any atom is -0.408 e. The third-order valence-electron chi connectivity index (χ3n) is 11.4. The van der Waals surface area contributed by atoms with Crippen molar-refractivity contribution in [2.45, 2.75) is 78.7 Å². The summed E-state index contributed by atoms with van der Waals surface area (Å²) >= 11 is 0.773. The topological polar surface area (TPSA) is 77.1 Å². The zero-order valence-electron chi connectivity index (χ0n) is 27.0. The van der Waals surface area contributed by atoms with Gasteiger partial charge in [-0.2, -0.15) is 0 Å². The monoisotopic (exact) mass is 625 g/mol. The molecule has 4 aliphatic carbocycles. The standard InChI is InChI=1S/C30H38N4.C7H9NO2S/c1-5-7-27-26(6-2)32-20-34(27)28-11-10-24-23-9-8-21-18-22(33-17-16-31-19-33)12-14-29(21,3)25(23)13-15-30(24,28)4;1-6-2-4-7(5-3-6)10-11-8-9/h5-8,11,16-17,19-20,22-25H,1,9-10,12-15,18H2,2-4H3;2-5,8-9H,1H3/b26-6+,27-7+;. The lowest BCUT2D eigenvalue weighted by atomic mass is 9.47. The van der Waals surface area contributed by atoms with Gasteiger partial charge < -0.3 is 18.5 Å². The third-order valence-corrected chi connectivity index (χ3v) is 11.8. The van der Waals surface area contributed by atoms with Crippen LogP contribution in [0.15, 0.2) is 79.7 Å². The second kappa shape index (κ2) is 13.2. The zero-order chi connectivity index (χ0) is 31.6. The van der Waals surface area contributed by atoms with Crippen molar-refractivity contribution in [1.29, 1.82) is 0 Å². The van der Waals surface area contributed by atoms with Crippen molar-refractivity contribution in [3.63, 3.8) is 0 Å². The highest BCUT2D eigenvalue weighted by Crippen LogP contribution is 2.66. The van der Waals surface area contributed by atoms with Crippen LogP contribution in [0.25, 0.3) is 17.8 Å². The second-order valence-corrected chi connectivity index (χ2v) is 14.1. The summed E-state index contributed by atoms with van der Waals surface area (Å²) in [5.74, 6) is 3.01. The first kappa shape index (κ1) is 31.6. The summed E-state index contributed by atoms with van der Waals surface area (Å²) in [6.07, 6.45) is 28.2. The lowest BCUT2D eigenvalue weighted by Crippen LogP contribution is -2.50. The van der Waals surface area contributed by atoms with Gasteiger partial charge in [0.1, 0.15) is 12.1 Å². The van der Waals surface area contributed by atoms with Gasteiger partial charge in [0.15, 0.2) is 12.2 Å². The number of aryl methyl sites for hydroxylation is 1. The Bertz CT molecular complexity index is 1670. The smallest absolute Gasteiger partial charge is 0.170 e. The molecule has 0 amide bonds. The molecule has 1 aromatic carbocycles. The largest absolute Gasteiger partial charge is 0.408 e. The maximum absolute atomic E-state index is 8.17. The van der Waals surface area contributed by atoms with Crippen LogP contribution in [-0.2, 0) is 0 Å². The fourth-order valence-corrected chi connectivity index (χ4v) is 9.27. The first-order chi connectivity index (χ1) is 21.8. The number of benzene rings is 1. The number of nitrogens with one attached hydrogen (secondary N) is 1. The highest BCUT2D eigenvalue weighted by molar-refractivity contribution is 7.92. The Morgan fingerprint density at radius 3 is 2.58 bits per heavy atom. The average molecular weight is 626 g/mol. The van der Waals surface area contributed by atoms with Gasteiger partial charge in [-0.3, -0.25) is 0 Å². The van der Waals surface area contributed by atoms with E-state index in [9.17, 15) is 0 Å². The van der Waals surface area contributed by atoms with E-state index in [0.717, 1.165) is 35.3 Å². The fourth-order valence-electron chi connectivity index (χ4n) is 9.02. The third kappa shape index (κ3) is 5.88. The Morgan fingerprint density at radius 2 is 1.87 bits per heavy atom. The Morgan fingerprint density at radius 1 is 1.07 bits per heavy atom. The number of imidazole rings is 2. The highest BCUT2D eigenvalue weighted by Gasteiger charge is 2.57. The molecule has 7 rings (SSSR count). The Kier molecular flexibility index (Phi) is 9.27. The highest BCUT2D eigenvalue weighted by atomic mass is 32.2. The summed E-state index contributed by atoms with van der Waals surface area (Å²) in [5.41, 5.74) is 4.96. The van der Waals surface area contributed by atoms with Gasteiger partial charge in [-0.15, -0.1) is 4.89 Å². The summed E-state index contributed by atoms with van der Waals surface area (Å²) in [7, 11) is 0. The molecule has 6 atom stereocenters. The van der Waals surface area contributed by atoms with Gasteiger partial charge in [0.2, 0.25) is 0 Å². The lowest BCUT2D eigenvalue weighted by molar-refractivity contribution is -0.0153. The van der Waals surface area contributed by atoms with Crippen LogP contribution in [-0.4, -0.2) is 24.3 Å². The van der Waals surface area contributed by atoms with Gasteiger partial charge in [0.25, 0.3) is 0 Å². The van der Waals surface area contributed by atoms with E-state index in [1.54, 1.807) is 5.57 Å². The lowest BCUT2D eigenvalue weighted by Gasteiger charge is -2.58. The molecule has 0 spiro atoms. The molecule has 0 bridgehead atoms. The molecule has 3 aromatic rings. The molecule has 2 N–H and O–H groups in total. The van der Waals surface area contributed by atoms with Crippen LogP contribution in [0, 0.1) is 35.5 Å². The van der Waals surface area contributed by atoms with Crippen LogP contribution in [0.5, 0.6) is 5.75 Å². The van der Waals surface area contributed by atoms with Crippen molar-refractivity contribution in [2.24, 2.45) is 28.6 Å². The molecule has 45 heavy (non-hydrogen) atoms. The van der Waals surface area contributed by atoms with Gasteiger partial charge in [0.05, 0.1) is 17.0 Å². The van der Waals surface area contributed by atoms with Crippen LogP contribution >= 0.6 is 12.2 Å². The summed E-state index contributed by atoms with van der Waals surface area (Å²) in [4.78, 5) is 10.8. The molecule has 2 aromatic heterocycles. The molecule has 2 saturated carbocycles. The first-order valence-corrected chi connectivity index (χ1v) is 17.1. The van der Waals surface area contributed by atoms with Gasteiger partial charge in [0, 0.05) is 29.5 Å². The molecule has 2 fully saturated rings. The Balaban J connectivity index is 0.000000276. The molecular formula is C37H47N5O2S. The van der Waals surface area contributed by atoms with Crippen LogP contribution in [0.2, 0.25) is 0 Å². The SMILES string of the molecule is C=C/C=c1\c(=C/C)ncn1C1=CCC2C3CC=C4CC(n5ccnc5)CCC4(C)C3CCC12C.Cc1ccc(OSNO)cc1. The first-order valence-electron chi connectivity index (χ1n) is 16.3.